The molecule has 0 aromatic heterocycles. The lowest BCUT2D eigenvalue weighted by Gasteiger charge is -2.09. The van der Waals surface area contributed by atoms with Gasteiger partial charge in [0.1, 0.15) is 11.5 Å². The number of phenolic OH excluding ortho intramolecular Hbond substituents is 1. The summed E-state index contributed by atoms with van der Waals surface area (Å²) in [5.41, 5.74) is 0.547. The highest BCUT2D eigenvalue weighted by Gasteiger charge is 2.05. The van der Waals surface area contributed by atoms with Crippen molar-refractivity contribution in [1.82, 2.24) is 5.32 Å². The highest BCUT2D eigenvalue weighted by Crippen LogP contribution is 2.21. The number of unbranched alkanes of at least 4 members (excludes halogenated alkanes) is 9. The van der Waals surface area contributed by atoms with Gasteiger partial charge in [0.2, 0.25) is 0 Å². The molecule has 0 heterocycles. The van der Waals surface area contributed by atoms with E-state index in [1.54, 1.807) is 6.07 Å². The maximum Gasteiger partial charge on any atom is 0.257 e. The van der Waals surface area contributed by atoms with Gasteiger partial charge in [0.25, 0.3) is 5.91 Å². The minimum Gasteiger partial charge on any atom is -0.508 e. The molecular formula is C21H35NO4. The first-order valence-corrected chi connectivity index (χ1v) is 9.99. The third-order valence-corrected chi connectivity index (χ3v) is 4.36. The highest BCUT2D eigenvalue weighted by molar-refractivity contribution is 5.77. The van der Waals surface area contributed by atoms with Crippen LogP contribution in [0.15, 0.2) is 18.2 Å². The fraction of sp³-hybridized carbons (Fsp3) is 0.667. The summed E-state index contributed by atoms with van der Waals surface area (Å²) < 4.78 is 5.36. The Kier molecular flexibility index (Phi) is 12.4. The molecule has 0 aliphatic rings. The van der Waals surface area contributed by atoms with E-state index in [-0.39, 0.29) is 24.9 Å². The fourth-order valence-corrected chi connectivity index (χ4v) is 2.86. The van der Waals surface area contributed by atoms with Gasteiger partial charge in [-0.15, -0.1) is 0 Å². The lowest BCUT2D eigenvalue weighted by molar-refractivity contribution is -0.123. The van der Waals surface area contributed by atoms with Gasteiger partial charge >= 0.3 is 0 Å². The SMILES string of the molecule is CCCCCCCCCCCCNC(=O)COc1cc(O)cc(CO)c1. The van der Waals surface area contributed by atoms with Gasteiger partial charge in [-0.1, -0.05) is 64.7 Å². The van der Waals surface area contributed by atoms with Crippen molar-refractivity contribution in [2.75, 3.05) is 13.2 Å². The second kappa shape index (κ2) is 14.4. The Morgan fingerprint density at radius 1 is 0.962 bits per heavy atom. The standard InChI is InChI=1S/C21H35NO4/c1-2-3-4-5-6-7-8-9-10-11-12-22-21(25)17-26-20-14-18(16-23)13-19(24)15-20/h13-15,23-24H,2-12,16-17H2,1H3,(H,22,25). The zero-order valence-electron chi connectivity index (χ0n) is 16.1. The fourth-order valence-electron chi connectivity index (χ4n) is 2.86. The molecule has 148 valence electrons. The van der Waals surface area contributed by atoms with Crippen LogP contribution in [-0.4, -0.2) is 29.3 Å². The van der Waals surface area contributed by atoms with Crippen LogP contribution in [0.25, 0.3) is 0 Å². The number of aliphatic hydroxyl groups is 1. The van der Waals surface area contributed by atoms with Crippen LogP contribution in [-0.2, 0) is 11.4 Å². The number of hydrogen-bond donors (Lipinski definition) is 3. The highest BCUT2D eigenvalue weighted by atomic mass is 16.5. The molecule has 0 aliphatic heterocycles. The van der Waals surface area contributed by atoms with Crippen molar-refractivity contribution in [3.8, 4) is 11.5 Å². The second-order valence-corrected chi connectivity index (χ2v) is 6.81. The normalized spacial score (nSPS) is 10.7. The molecule has 0 fully saturated rings. The molecule has 0 spiro atoms. The minimum atomic E-state index is -0.185. The van der Waals surface area contributed by atoms with Gasteiger partial charge in [0, 0.05) is 12.6 Å². The average molecular weight is 366 g/mol. The van der Waals surface area contributed by atoms with Crippen molar-refractivity contribution in [2.45, 2.75) is 77.7 Å². The molecule has 0 atom stereocenters. The van der Waals surface area contributed by atoms with Crippen LogP contribution in [0, 0.1) is 0 Å². The van der Waals surface area contributed by atoms with Gasteiger partial charge in [0.05, 0.1) is 6.61 Å². The van der Waals surface area contributed by atoms with Gasteiger partial charge in [-0.2, -0.15) is 0 Å². The number of aromatic hydroxyl groups is 1. The predicted molar refractivity (Wildman–Crippen MR) is 104 cm³/mol. The van der Waals surface area contributed by atoms with Crippen molar-refractivity contribution in [2.24, 2.45) is 0 Å². The number of rotatable bonds is 15. The quantitative estimate of drug-likeness (QED) is 0.405. The number of phenols is 1. The molecule has 26 heavy (non-hydrogen) atoms. The summed E-state index contributed by atoms with van der Waals surface area (Å²) in [6.45, 7) is 2.63. The van der Waals surface area contributed by atoms with Crippen LogP contribution in [0.1, 0.15) is 76.7 Å². The Balaban J connectivity index is 1.99. The number of carbonyl (C=O) groups excluding carboxylic acids is 1. The monoisotopic (exact) mass is 365 g/mol. The van der Waals surface area contributed by atoms with Gasteiger partial charge in [-0.25, -0.2) is 0 Å². The lowest BCUT2D eigenvalue weighted by Crippen LogP contribution is -2.29. The molecule has 0 saturated heterocycles. The summed E-state index contributed by atoms with van der Waals surface area (Å²) in [7, 11) is 0. The maximum atomic E-state index is 11.8. The number of amides is 1. The number of carbonyl (C=O) groups is 1. The zero-order valence-corrected chi connectivity index (χ0v) is 16.1. The van der Waals surface area contributed by atoms with E-state index in [1.807, 2.05) is 0 Å². The van der Waals surface area contributed by atoms with Crippen molar-refractivity contribution in [3.05, 3.63) is 23.8 Å². The minimum absolute atomic E-state index is 0.0114. The van der Waals surface area contributed by atoms with Crippen molar-refractivity contribution >= 4 is 5.91 Å². The van der Waals surface area contributed by atoms with E-state index in [1.165, 1.54) is 63.5 Å². The molecule has 0 saturated carbocycles. The molecule has 0 unspecified atom stereocenters. The van der Waals surface area contributed by atoms with Gasteiger partial charge in [-0.3, -0.25) is 4.79 Å². The van der Waals surface area contributed by atoms with E-state index in [2.05, 4.69) is 12.2 Å². The van der Waals surface area contributed by atoms with Gasteiger partial charge < -0.3 is 20.3 Å². The molecule has 5 nitrogen and oxygen atoms in total. The molecule has 0 bridgehead atoms. The van der Waals surface area contributed by atoms with Gasteiger partial charge in [-0.05, 0) is 24.1 Å². The van der Waals surface area contributed by atoms with Crippen LogP contribution in [0.5, 0.6) is 11.5 Å². The summed E-state index contributed by atoms with van der Waals surface area (Å²) >= 11 is 0. The zero-order chi connectivity index (χ0) is 19.0. The average Bonchev–Trinajstić information content (AvgIpc) is 2.64. The first-order chi connectivity index (χ1) is 12.7. The molecule has 1 amide bonds. The number of aliphatic hydroxyl groups excluding tert-OH is 1. The van der Waals surface area contributed by atoms with Crippen LogP contribution < -0.4 is 10.1 Å². The third kappa shape index (κ3) is 11.0. The molecule has 3 N–H and O–H groups in total. The molecule has 1 aromatic carbocycles. The van der Waals surface area contributed by atoms with Crippen LogP contribution >= 0.6 is 0 Å². The van der Waals surface area contributed by atoms with Crippen LogP contribution in [0.2, 0.25) is 0 Å². The smallest absolute Gasteiger partial charge is 0.257 e. The van der Waals surface area contributed by atoms with Crippen molar-refractivity contribution < 1.29 is 19.7 Å². The van der Waals surface area contributed by atoms with Crippen LogP contribution in [0.3, 0.4) is 0 Å². The number of ether oxygens (including phenoxy) is 1. The Labute approximate surface area is 157 Å². The largest absolute Gasteiger partial charge is 0.508 e. The second-order valence-electron chi connectivity index (χ2n) is 6.81. The molecular weight excluding hydrogens is 330 g/mol. The maximum absolute atomic E-state index is 11.8. The van der Waals surface area contributed by atoms with E-state index >= 15 is 0 Å². The van der Waals surface area contributed by atoms with Crippen molar-refractivity contribution in [3.63, 3.8) is 0 Å². The molecule has 1 aromatic rings. The van der Waals surface area contributed by atoms with E-state index in [4.69, 9.17) is 9.84 Å². The number of nitrogens with one attached hydrogen (secondary N) is 1. The molecule has 1 rings (SSSR count). The van der Waals surface area contributed by atoms with Crippen LogP contribution in [0.4, 0.5) is 0 Å². The topological polar surface area (TPSA) is 78.8 Å². The summed E-state index contributed by atoms with van der Waals surface area (Å²) in [5.74, 6) is 0.218. The summed E-state index contributed by atoms with van der Waals surface area (Å²) in [6.07, 6.45) is 12.7. The van der Waals surface area contributed by atoms with E-state index < -0.39 is 0 Å². The molecule has 0 radical (unpaired) electrons. The Bertz CT molecular complexity index is 505. The molecule has 0 aliphatic carbocycles. The Morgan fingerprint density at radius 2 is 1.58 bits per heavy atom. The third-order valence-electron chi connectivity index (χ3n) is 4.36. The number of benzene rings is 1. The Morgan fingerprint density at radius 3 is 2.19 bits per heavy atom. The van der Waals surface area contributed by atoms with E-state index in [9.17, 15) is 9.90 Å². The lowest BCUT2D eigenvalue weighted by atomic mass is 10.1. The summed E-state index contributed by atoms with van der Waals surface area (Å²) in [4.78, 5) is 11.8. The van der Waals surface area contributed by atoms with Crippen molar-refractivity contribution in [1.29, 1.82) is 0 Å². The van der Waals surface area contributed by atoms with Gasteiger partial charge in [0.15, 0.2) is 6.61 Å². The predicted octanol–water partition coefficient (Wildman–Crippen LogP) is 4.30. The molecule has 5 heteroatoms. The van der Waals surface area contributed by atoms with E-state index in [0.29, 0.717) is 17.9 Å². The number of hydrogen-bond acceptors (Lipinski definition) is 4. The Hall–Kier alpha value is -1.75. The first kappa shape index (κ1) is 22.3. The summed E-state index contributed by atoms with van der Waals surface area (Å²) in [6, 6.07) is 4.49. The first-order valence-electron chi connectivity index (χ1n) is 9.99. The van der Waals surface area contributed by atoms with E-state index in [0.717, 1.165) is 12.8 Å². The summed E-state index contributed by atoms with van der Waals surface area (Å²) in [5, 5.41) is 21.4.